The molecule has 1 aromatic rings. The standard InChI is InChI=1S/C10H12N2O4/c11-8(6-10(13)14)5-7-3-1-2-4-9(7)12(15)16/h1-4,8H,5-6,11H2,(H,13,14)/t8-/m1/s1. The molecule has 0 bridgehead atoms. The largest absolute Gasteiger partial charge is 0.481 e. The van der Waals surface area contributed by atoms with Crippen LogP contribution in [0.4, 0.5) is 5.69 Å². The first kappa shape index (κ1) is 12.1. The van der Waals surface area contributed by atoms with Crippen LogP contribution in [-0.4, -0.2) is 22.0 Å². The Bertz CT molecular complexity index is 406. The van der Waals surface area contributed by atoms with Crippen molar-refractivity contribution in [3.63, 3.8) is 0 Å². The fourth-order valence-electron chi connectivity index (χ4n) is 1.44. The summed E-state index contributed by atoms with van der Waals surface area (Å²) in [4.78, 5) is 20.6. The zero-order valence-electron chi connectivity index (χ0n) is 8.50. The number of rotatable bonds is 5. The van der Waals surface area contributed by atoms with Crippen LogP contribution in [0.1, 0.15) is 12.0 Å². The van der Waals surface area contributed by atoms with E-state index in [4.69, 9.17) is 10.8 Å². The SMILES string of the molecule is N[C@@H](CC(=O)O)Cc1ccccc1[N+](=O)[O-]. The lowest BCUT2D eigenvalue weighted by Gasteiger charge is -2.08. The Balaban J connectivity index is 2.80. The number of nitro benzene ring substituents is 1. The maximum atomic E-state index is 10.7. The van der Waals surface area contributed by atoms with Crippen molar-refractivity contribution in [3.05, 3.63) is 39.9 Å². The Morgan fingerprint density at radius 3 is 2.69 bits per heavy atom. The number of carbonyl (C=O) groups is 1. The number of carboxylic acids is 1. The van der Waals surface area contributed by atoms with E-state index in [1.54, 1.807) is 18.2 Å². The summed E-state index contributed by atoms with van der Waals surface area (Å²) in [6.45, 7) is 0. The maximum Gasteiger partial charge on any atom is 0.304 e. The van der Waals surface area contributed by atoms with Gasteiger partial charge in [0.2, 0.25) is 0 Å². The van der Waals surface area contributed by atoms with Gasteiger partial charge in [-0.15, -0.1) is 0 Å². The van der Waals surface area contributed by atoms with Gasteiger partial charge in [-0.1, -0.05) is 18.2 Å². The number of benzene rings is 1. The molecule has 0 amide bonds. The van der Waals surface area contributed by atoms with E-state index < -0.39 is 16.9 Å². The fourth-order valence-corrected chi connectivity index (χ4v) is 1.44. The Morgan fingerprint density at radius 2 is 2.12 bits per heavy atom. The first-order chi connectivity index (χ1) is 7.50. The van der Waals surface area contributed by atoms with E-state index in [0.717, 1.165) is 0 Å². The average molecular weight is 224 g/mol. The van der Waals surface area contributed by atoms with Crippen LogP contribution in [0.3, 0.4) is 0 Å². The summed E-state index contributed by atoms with van der Waals surface area (Å²) in [5.41, 5.74) is 6.01. The normalized spacial score (nSPS) is 12.1. The monoisotopic (exact) mass is 224 g/mol. The van der Waals surface area contributed by atoms with Crippen molar-refractivity contribution in [1.29, 1.82) is 0 Å². The van der Waals surface area contributed by atoms with E-state index in [1.807, 2.05) is 0 Å². The van der Waals surface area contributed by atoms with Crippen LogP contribution in [0.2, 0.25) is 0 Å². The minimum absolute atomic E-state index is 0.0247. The zero-order valence-corrected chi connectivity index (χ0v) is 8.50. The smallest absolute Gasteiger partial charge is 0.304 e. The van der Waals surface area contributed by atoms with Crippen LogP contribution in [0.25, 0.3) is 0 Å². The molecule has 6 nitrogen and oxygen atoms in total. The molecule has 0 saturated carbocycles. The van der Waals surface area contributed by atoms with Crippen molar-refractivity contribution in [3.8, 4) is 0 Å². The summed E-state index contributed by atoms with van der Waals surface area (Å²) in [6, 6.07) is 5.57. The molecule has 0 aliphatic carbocycles. The summed E-state index contributed by atoms with van der Waals surface area (Å²) in [7, 11) is 0. The molecule has 0 fully saturated rings. The van der Waals surface area contributed by atoms with E-state index in [1.165, 1.54) is 6.07 Å². The number of hydrogen-bond acceptors (Lipinski definition) is 4. The van der Waals surface area contributed by atoms with E-state index in [0.29, 0.717) is 5.56 Å². The fraction of sp³-hybridized carbons (Fsp3) is 0.300. The van der Waals surface area contributed by atoms with Gasteiger partial charge in [-0.05, 0) is 6.42 Å². The summed E-state index contributed by atoms with van der Waals surface area (Å²) in [5, 5.41) is 19.2. The van der Waals surface area contributed by atoms with Gasteiger partial charge in [-0.25, -0.2) is 0 Å². The number of para-hydroxylation sites is 1. The molecule has 0 unspecified atom stereocenters. The summed E-state index contributed by atoms with van der Waals surface area (Å²) >= 11 is 0. The Kier molecular flexibility index (Phi) is 3.96. The Hall–Kier alpha value is -1.95. The van der Waals surface area contributed by atoms with Gasteiger partial charge in [0.05, 0.1) is 11.3 Å². The lowest BCUT2D eigenvalue weighted by Crippen LogP contribution is -2.26. The van der Waals surface area contributed by atoms with Gasteiger partial charge in [0.1, 0.15) is 0 Å². The second-order valence-electron chi connectivity index (χ2n) is 3.45. The quantitative estimate of drug-likeness (QED) is 0.571. The minimum Gasteiger partial charge on any atom is -0.481 e. The molecule has 1 rings (SSSR count). The molecule has 86 valence electrons. The molecule has 1 aromatic carbocycles. The number of nitrogens with zero attached hydrogens (tertiary/aromatic N) is 1. The maximum absolute atomic E-state index is 10.7. The van der Waals surface area contributed by atoms with Crippen LogP contribution in [-0.2, 0) is 11.2 Å². The number of hydrogen-bond donors (Lipinski definition) is 2. The molecular weight excluding hydrogens is 212 g/mol. The molecule has 1 atom stereocenters. The zero-order chi connectivity index (χ0) is 12.1. The Morgan fingerprint density at radius 1 is 1.50 bits per heavy atom. The van der Waals surface area contributed by atoms with Crippen molar-refractivity contribution >= 4 is 11.7 Å². The molecule has 0 heterocycles. The van der Waals surface area contributed by atoms with Crippen LogP contribution in [0.15, 0.2) is 24.3 Å². The number of nitrogens with two attached hydrogens (primary N) is 1. The second-order valence-corrected chi connectivity index (χ2v) is 3.45. The molecular formula is C10H12N2O4. The van der Waals surface area contributed by atoms with Gasteiger partial charge >= 0.3 is 5.97 Å². The lowest BCUT2D eigenvalue weighted by molar-refractivity contribution is -0.385. The number of aliphatic carboxylic acids is 1. The van der Waals surface area contributed by atoms with Crippen molar-refractivity contribution in [2.45, 2.75) is 18.9 Å². The van der Waals surface area contributed by atoms with E-state index in [2.05, 4.69) is 0 Å². The molecule has 3 N–H and O–H groups in total. The minimum atomic E-state index is -1.01. The predicted molar refractivity (Wildman–Crippen MR) is 57.0 cm³/mol. The number of nitro groups is 1. The number of carboxylic acid groups (broad SMARTS) is 1. The van der Waals surface area contributed by atoms with Gasteiger partial charge in [0.15, 0.2) is 0 Å². The molecule has 0 spiro atoms. The van der Waals surface area contributed by atoms with E-state index in [9.17, 15) is 14.9 Å². The first-order valence-corrected chi connectivity index (χ1v) is 4.70. The molecule has 0 aliphatic rings. The summed E-state index contributed by atoms with van der Waals surface area (Å²) < 4.78 is 0. The highest BCUT2D eigenvalue weighted by atomic mass is 16.6. The molecule has 0 aromatic heterocycles. The van der Waals surface area contributed by atoms with Crippen LogP contribution < -0.4 is 5.73 Å². The van der Waals surface area contributed by atoms with Crippen molar-refractivity contribution in [1.82, 2.24) is 0 Å². The third-order valence-electron chi connectivity index (χ3n) is 2.11. The van der Waals surface area contributed by atoms with E-state index >= 15 is 0 Å². The van der Waals surface area contributed by atoms with Crippen LogP contribution >= 0.6 is 0 Å². The molecule has 16 heavy (non-hydrogen) atoms. The molecule has 0 aliphatic heterocycles. The molecule has 0 radical (unpaired) electrons. The highest BCUT2D eigenvalue weighted by Gasteiger charge is 2.16. The van der Waals surface area contributed by atoms with Gasteiger partial charge in [0, 0.05) is 17.7 Å². The van der Waals surface area contributed by atoms with Gasteiger partial charge in [-0.2, -0.15) is 0 Å². The highest BCUT2D eigenvalue weighted by Crippen LogP contribution is 2.19. The van der Waals surface area contributed by atoms with Crippen molar-refractivity contribution in [2.75, 3.05) is 0 Å². The third-order valence-corrected chi connectivity index (χ3v) is 2.11. The highest BCUT2D eigenvalue weighted by molar-refractivity contribution is 5.67. The van der Waals surface area contributed by atoms with Crippen LogP contribution in [0.5, 0.6) is 0 Å². The van der Waals surface area contributed by atoms with Gasteiger partial charge in [0.25, 0.3) is 5.69 Å². The topological polar surface area (TPSA) is 106 Å². The van der Waals surface area contributed by atoms with Gasteiger partial charge in [-0.3, -0.25) is 14.9 Å². The third kappa shape index (κ3) is 3.32. The van der Waals surface area contributed by atoms with Crippen LogP contribution in [0, 0.1) is 10.1 Å². The van der Waals surface area contributed by atoms with E-state index in [-0.39, 0.29) is 18.5 Å². The summed E-state index contributed by atoms with van der Waals surface area (Å²) in [5.74, 6) is -1.01. The summed E-state index contributed by atoms with van der Waals surface area (Å²) in [6.07, 6.45) is -0.0184. The average Bonchev–Trinajstić information content (AvgIpc) is 2.16. The van der Waals surface area contributed by atoms with Crippen molar-refractivity contribution < 1.29 is 14.8 Å². The Labute approximate surface area is 91.8 Å². The molecule has 6 heteroatoms. The molecule has 0 saturated heterocycles. The van der Waals surface area contributed by atoms with Gasteiger partial charge < -0.3 is 10.8 Å². The predicted octanol–water partition coefficient (Wildman–Crippen LogP) is 0.939. The lowest BCUT2D eigenvalue weighted by atomic mass is 10.0. The van der Waals surface area contributed by atoms with Crippen molar-refractivity contribution in [2.24, 2.45) is 5.73 Å². The first-order valence-electron chi connectivity index (χ1n) is 4.70. The second kappa shape index (κ2) is 5.22.